The summed E-state index contributed by atoms with van der Waals surface area (Å²) in [6, 6.07) is 16.4. The SMILES string of the molecule is C[C@@H](NCc1cccc(O)c1)c1ccc(N2CCOCC2)cc1. The summed E-state index contributed by atoms with van der Waals surface area (Å²) in [5, 5.41) is 13.0. The topological polar surface area (TPSA) is 44.7 Å². The van der Waals surface area contributed by atoms with Gasteiger partial charge in [0.25, 0.3) is 0 Å². The molecular weight excluding hydrogens is 288 g/mol. The average Bonchev–Trinajstić information content (AvgIpc) is 2.61. The van der Waals surface area contributed by atoms with Crippen LogP contribution in [0.15, 0.2) is 48.5 Å². The fourth-order valence-electron chi connectivity index (χ4n) is 2.85. The third-order valence-corrected chi connectivity index (χ3v) is 4.29. The average molecular weight is 312 g/mol. The molecule has 2 aromatic rings. The molecule has 0 radical (unpaired) electrons. The smallest absolute Gasteiger partial charge is 0.115 e. The lowest BCUT2D eigenvalue weighted by Crippen LogP contribution is -2.36. The zero-order valence-electron chi connectivity index (χ0n) is 13.5. The van der Waals surface area contributed by atoms with Crippen molar-refractivity contribution in [2.24, 2.45) is 0 Å². The normalized spacial score (nSPS) is 16.3. The van der Waals surface area contributed by atoms with E-state index < -0.39 is 0 Å². The van der Waals surface area contributed by atoms with Crippen LogP contribution in [-0.2, 0) is 11.3 Å². The molecule has 23 heavy (non-hydrogen) atoms. The van der Waals surface area contributed by atoms with Gasteiger partial charge < -0.3 is 20.1 Å². The Kier molecular flexibility index (Phi) is 5.16. The highest BCUT2D eigenvalue weighted by atomic mass is 16.5. The number of benzene rings is 2. The van der Waals surface area contributed by atoms with Gasteiger partial charge in [0.15, 0.2) is 0 Å². The first kappa shape index (κ1) is 15.8. The maximum absolute atomic E-state index is 9.51. The van der Waals surface area contributed by atoms with E-state index in [-0.39, 0.29) is 6.04 Å². The van der Waals surface area contributed by atoms with E-state index in [4.69, 9.17) is 4.74 Å². The van der Waals surface area contributed by atoms with Crippen LogP contribution in [0.4, 0.5) is 5.69 Å². The van der Waals surface area contributed by atoms with Crippen molar-refractivity contribution in [3.8, 4) is 5.75 Å². The van der Waals surface area contributed by atoms with Gasteiger partial charge in [-0.2, -0.15) is 0 Å². The molecule has 1 aliphatic heterocycles. The number of phenolic OH excluding ortho intramolecular Hbond substituents is 1. The highest BCUT2D eigenvalue weighted by Gasteiger charge is 2.12. The van der Waals surface area contributed by atoms with Crippen LogP contribution >= 0.6 is 0 Å². The van der Waals surface area contributed by atoms with Crippen LogP contribution in [0.5, 0.6) is 5.75 Å². The zero-order chi connectivity index (χ0) is 16.1. The molecule has 0 bridgehead atoms. The predicted octanol–water partition coefficient (Wildman–Crippen LogP) is 3.08. The van der Waals surface area contributed by atoms with Gasteiger partial charge in [0, 0.05) is 31.4 Å². The summed E-state index contributed by atoms with van der Waals surface area (Å²) in [4.78, 5) is 2.36. The van der Waals surface area contributed by atoms with E-state index >= 15 is 0 Å². The summed E-state index contributed by atoms with van der Waals surface area (Å²) in [5.74, 6) is 0.312. The summed E-state index contributed by atoms with van der Waals surface area (Å²) >= 11 is 0. The number of rotatable bonds is 5. The van der Waals surface area contributed by atoms with Crippen molar-refractivity contribution < 1.29 is 9.84 Å². The van der Waals surface area contributed by atoms with E-state index in [0.29, 0.717) is 5.75 Å². The summed E-state index contributed by atoms with van der Waals surface area (Å²) in [6.45, 7) is 6.44. The molecule has 0 saturated carbocycles. The van der Waals surface area contributed by atoms with Crippen LogP contribution < -0.4 is 10.2 Å². The Morgan fingerprint density at radius 2 is 1.87 bits per heavy atom. The van der Waals surface area contributed by atoms with Crippen molar-refractivity contribution in [1.29, 1.82) is 0 Å². The fraction of sp³-hybridized carbons (Fsp3) is 0.368. The molecule has 1 heterocycles. The van der Waals surface area contributed by atoms with Crippen LogP contribution in [0.2, 0.25) is 0 Å². The van der Waals surface area contributed by atoms with E-state index in [0.717, 1.165) is 38.4 Å². The molecule has 1 saturated heterocycles. The molecule has 1 atom stereocenters. The summed E-state index contributed by atoms with van der Waals surface area (Å²) in [5.41, 5.74) is 3.61. The van der Waals surface area contributed by atoms with Gasteiger partial charge in [-0.3, -0.25) is 0 Å². The maximum atomic E-state index is 9.51. The summed E-state index contributed by atoms with van der Waals surface area (Å²) in [6.07, 6.45) is 0. The molecule has 0 spiro atoms. The first-order chi connectivity index (χ1) is 11.2. The van der Waals surface area contributed by atoms with Crippen molar-refractivity contribution in [2.75, 3.05) is 31.2 Å². The standard InChI is InChI=1S/C19H24N2O2/c1-15(20-14-16-3-2-4-19(22)13-16)17-5-7-18(8-6-17)21-9-11-23-12-10-21/h2-8,13,15,20,22H,9-12,14H2,1H3/t15-/m1/s1. The molecular formula is C19H24N2O2. The van der Waals surface area contributed by atoms with Gasteiger partial charge in [-0.1, -0.05) is 24.3 Å². The highest BCUT2D eigenvalue weighted by Crippen LogP contribution is 2.20. The van der Waals surface area contributed by atoms with E-state index in [9.17, 15) is 5.11 Å². The second-order valence-corrected chi connectivity index (χ2v) is 5.96. The first-order valence-electron chi connectivity index (χ1n) is 8.16. The Labute approximate surface area is 137 Å². The van der Waals surface area contributed by atoms with Crippen LogP contribution in [0, 0.1) is 0 Å². The van der Waals surface area contributed by atoms with Crippen molar-refractivity contribution in [1.82, 2.24) is 5.32 Å². The number of nitrogens with one attached hydrogen (secondary N) is 1. The van der Waals surface area contributed by atoms with Crippen LogP contribution in [-0.4, -0.2) is 31.4 Å². The Hall–Kier alpha value is -2.04. The van der Waals surface area contributed by atoms with Crippen molar-refractivity contribution in [2.45, 2.75) is 19.5 Å². The minimum Gasteiger partial charge on any atom is -0.508 e. The van der Waals surface area contributed by atoms with Crippen LogP contribution in [0.1, 0.15) is 24.1 Å². The molecule has 2 aromatic carbocycles. The molecule has 0 aromatic heterocycles. The molecule has 4 heteroatoms. The Morgan fingerprint density at radius 3 is 2.57 bits per heavy atom. The predicted molar refractivity (Wildman–Crippen MR) is 92.8 cm³/mol. The maximum Gasteiger partial charge on any atom is 0.115 e. The fourth-order valence-corrected chi connectivity index (χ4v) is 2.85. The Balaban J connectivity index is 1.57. The van der Waals surface area contributed by atoms with Gasteiger partial charge in [-0.25, -0.2) is 0 Å². The third kappa shape index (κ3) is 4.24. The van der Waals surface area contributed by atoms with Crippen molar-refractivity contribution >= 4 is 5.69 Å². The molecule has 4 nitrogen and oxygen atoms in total. The summed E-state index contributed by atoms with van der Waals surface area (Å²) < 4.78 is 5.40. The van der Waals surface area contributed by atoms with E-state index in [1.807, 2.05) is 12.1 Å². The minimum absolute atomic E-state index is 0.260. The molecule has 1 fully saturated rings. The van der Waals surface area contributed by atoms with Gasteiger partial charge in [0.05, 0.1) is 13.2 Å². The number of morpholine rings is 1. The molecule has 2 N–H and O–H groups in total. The number of phenols is 1. The van der Waals surface area contributed by atoms with Gasteiger partial charge in [0.1, 0.15) is 5.75 Å². The number of nitrogens with zero attached hydrogens (tertiary/aromatic N) is 1. The lowest BCUT2D eigenvalue weighted by Gasteiger charge is -2.29. The molecule has 3 rings (SSSR count). The van der Waals surface area contributed by atoms with Crippen LogP contribution in [0.25, 0.3) is 0 Å². The number of hydrogen-bond acceptors (Lipinski definition) is 4. The lowest BCUT2D eigenvalue weighted by molar-refractivity contribution is 0.122. The second kappa shape index (κ2) is 7.49. The Bertz CT molecular complexity index is 622. The minimum atomic E-state index is 0.260. The monoisotopic (exact) mass is 312 g/mol. The number of anilines is 1. The van der Waals surface area contributed by atoms with Gasteiger partial charge in [-0.05, 0) is 42.3 Å². The number of aromatic hydroxyl groups is 1. The molecule has 0 amide bonds. The number of ether oxygens (including phenoxy) is 1. The second-order valence-electron chi connectivity index (χ2n) is 5.96. The highest BCUT2D eigenvalue weighted by molar-refractivity contribution is 5.48. The molecule has 122 valence electrons. The lowest BCUT2D eigenvalue weighted by atomic mass is 10.1. The van der Waals surface area contributed by atoms with E-state index in [2.05, 4.69) is 41.4 Å². The summed E-state index contributed by atoms with van der Waals surface area (Å²) in [7, 11) is 0. The molecule has 0 unspecified atom stereocenters. The number of hydrogen-bond donors (Lipinski definition) is 2. The zero-order valence-corrected chi connectivity index (χ0v) is 13.5. The third-order valence-electron chi connectivity index (χ3n) is 4.29. The van der Waals surface area contributed by atoms with Crippen molar-refractivity contribution in [3.63, 3.8) is 0 Å². The van der Waals surface area contributed by atoms with Crippen molar-refractivity contribution in [3.05, 3.63) is 59.7 Å². The van der Waals surface area contributed by atoms with E-state index in [1.54, 1.807) is 12.1 Å². The molecule has 1 aliphatic rings. The Morgan fingerprint density at radius 1 is 1.13 bits per heavy atom. The van der Waals surface area contributed by atoms with Gasteiger partial charge >= 0.3 is 0 Å². The quantitative estimate of drug-likeness (QED) is 0.890. The van der Waals surface area contributed by atoms with E-state index in [1.165, 1.54) is 11.3 Å². The van der Waals surface area contributed by atoms with Gasteiger partial charge in [0.2, 0.25) is 0 Å². The molecule has 0 aliphatic carbocycles. The first-order valence-corrected chi connectivity index (χ1v) is 8.16. The van der Waals surface area contributed by atoms with Gasteiger partial charge in [-0.15, -0.1) is 0 Å². The largest absolute Gasteiger partial charge is 0.508 e. The van der Waals surface area contributed by atoms with Crippen LogP contribution in [0.3, 0.4) is 0 Å².